The van der Waals surface area contributed by atoms with Crippen LogP contribution in [0.5, 0.6) is 0 Å². The molecule has 0 radical (unpaired) electrons. The lowest BCUT2D eigenvalue weighted by Crippen LogP contribution is -2.24. The molecule has 0 saturated carbocycles. The van der Waals surface area contributed by atoms with Crippen LogP contribution in [0.3, 0.4) is 0 Å². The molecule has 8 heteroatoms. The first-order valence-electron chi connectivity index (χ1n) is 9.12. The van der Waals surface area contributed by atoms with Crippen LogP contribution in [-0.4, -0.2) is 35.7 Å². The van der Waals surface area contributed by atoms with Gasteiger partial charge in [-0.3, -0.25) is 9.29 Å². The van der Waals surface area contributed by atoms with Gasteiger partial charge in [-0.15, -0.1) is 0 Å². The summed E-state index contributed by atoms with van der Waals surface area (Å²) in [5.74, 6) is 1.61. The molecular formula is C20H21N5O2S. The van der Waals surface area contributed by atoms with Gasteiger partial charge in [-0.1, -0.05) is 18.2 Å². The standard InChI is InChI=1S/C20H21N5O2S/c1-15-23-19(18-5-2-3-10-21-18)13-20(24-15)22-14-16-6-8-17(9-7-16)25-11-4-12-28(25,26)27/h2-3,5-10,13H,4,11-12,14H2,1H3,(H,22,23,24). The topological polar surface area (TPSA) is 88.1 Å². The van der Waals surface area contributed by atoms with Gasteiger partial charge >= 0.3 is 0 Å². The highest BCUT2D eigenvalue weighted by Gasteiger charge is 2.28. The van der Waals surface area contributed by atoms with Crippen molar-refractivity contribution in [2.45, 2.75) is 19.9 Å². The summed E-state index contributed by atoms with van der Waals surface area (Å²) in [6.45, 7) is 2.98. The van der Waals surface area contributed by atoms with Crippen LogP contribution in [0.4, 0.5) is 11.5 Å². The highest BCUT2D eigenvalue weighted by atomic mass is 32.2. The van der Waals surface area contributed by atoms with Gasteiger partial charge in [-0.25, -0.2) is 18.4 Å². The SMILES string of the molecule is Cc1nc(NCc2ccc(N3CCCS3(=O)=O)cc2)cc(-c2ccccn2)n1. The molecule has 4 rings (SSSR count). The summed E-state index contributed by atoms with van der Waals surface area (Å²) in [6.07, 6.45) is 2.42. The molecule has 0 aliphatic carbocycles. The number of anilines is 2. The van der Waals surface area contributed by atoms with Crippen molar-refractivity contribution in [3.8, 4) is 11.4 Å². The zero-order valence-electron chi connectivity index (χ0n) is 15.5. The van der Waals surface area contributed by atoms with Crippen molar-refractivity contribution in [3.63, 3.8) is 0 Å². The zero-order chi connectivity index (χ0) is 19.6. The van der Waals surface area contributed by atoms with Gasteiger partial charge in [0.25, 0.3) is 0 Å². The van der Waals surface area contributed by atoms with E-state index in [2.05, 4.69) is 20.3 Å². The number of pyridine rings is 1. The highest BCUT2D eigenvalue weighted by molar-refractivity contribution is 7.93. The Labute approximate surface area is 164 Å². The third-order valence-corrected chi connectivity index (χ3v) is 6.43. The van der Waals surface area contributed by atoms with E-state index in [1.54, 1.807) is 6.20 Å². The van der Waals surface area contributed by atoms with E-state index in [1.807, 2.05) is 55.5 Å². The van der Waals surface area contributed by atoms with Gasteiger partial charge in [0, 0.05) is 25.4 Å². The van der Waals surface area contributed by atoms with E-state index in [0.717, 1.165) is 28.5 Å². The maximum Gasteiger partial charge on any atom is 0.235 e. The van der Waals surface area contributed by atoms with Crippen LogP contribution in [-0.2, 0) is 16.6 Å². The van der Waals surface area contributed by atoms with Crippen LogP contribution in [0.25, 0.3) is 11.4 Å². The Kier molecular flexibility index (Phi) is 4.95. The number of sulfonamides is 1. The largest absolute Gasteiger partial charge is 0.366 e. The van der Waals surface area contributed by atoms with Crippen LogP contribution >= 0.6 is 0 Å². The normalized spacial score (nSPS) is 15.5. The first kappa shape index (κ1) is 18.4. The molecule has 0 bridgehead atoms. The summed E-state index contributed by atoms with van der Waals surface area (Å²) in [7, 11) is -3.15. The van der Waals surface area contributed by atoms with E-state index < -0.39 is 10.0 Å². The van der Waals surface area contributed by atoms with Crippen LogP contribution in [0, 0.1) is 6.92 Å². The van der Waals surface area contributed by atoms with Crippen molar-refractivity contribution in [1.82, 2.24) is 15.0 Å². The molecule has 1 aromatic carbocycles. The minimum Gasteiger partial charge on any atom is -0.366 e. The molecule has 1 aliphatic rings. The Balaban J connectivity index is 1.47. The fourth-order valence-corrected chi connectivity index (χ4v) is 4.77. The van der Waals surface area contributed by atoms with Crippen LogP contribution < -0.4 is 9.62 Å². The molecule has 1 aliphatic heterocycles. The Morgan fingerprint density at radius 3 is 2.57 bits per heavy atom. The molecule has 144 valence electrons. The molecular weight excluding hydrogens is 374 g/mol. The molecule has 2 aromatic heterocycles. The monoisotopic (exact) mass is 395 g/mol. The molecule has 0 unspecified atom stereocenters. The van der Waals surface area contributed by atoms with Gasteiger partial charge < -0.3 is 5.32 Å². The average Bonchev–Trinajstić information content (AvgIpc) is 3.06. The Bertz CT molecular complexity index is 1070. The van der Waals surface area contributed by atoms with E-state index in [-0.39, 0.29) is 5.75 Å². The summed E-state index contributed by atoms with van der Waals surface area (Å²) in [6, 6.07) is 15.2. The number of benzene rings is 1. The van der Waals surface area contributed by atoms with Crippen molar-refractivity contribution in [2.75, 3.05) is 21.9 Å². The average molecular weight is 395 g/mol. The number of rotatable bonds is 5. The van der Waals surface area contributed by atoms with E-state index >= 15 is 0 Å². The van der Waals surface area contributed by atoms with Gasteiger partial charge in [-0.05, 0) is 43.2 Å². The van der Waals surface area contributed by atoms with Crippen LogP contribution in [0.2, 0.25) is 0 Å². The number of hydrogen-bond acceptors (Lipinski definition) is 6. The van der Waals surface area contributed by atoms with Crippen LogP contribution in [0.15, 0.2) is 54.7 Å². The second-order valence-corrected chi connectivity index (χ2v) is 8.68. The zero-order valence-corrected chi connectivity index (χ0v) is 16.4. The van der Waals surface area contributed by atoms with Gasteiger partial charge in [0.05, 0.1) is 22.8 Å². The molecule has 3 aromatic rings. The number of nitrogens with zero attached hydrogens (tertiary/aromatic N) is 4. The summed E-state index contributed by atoms with van der Waals surface area (Å²) in [5, 5.41) is 3.31. The first-order chi connectivity index (χ1) is 13.5. The molecule has 3 heterocycles. The molecule has 1 saturated heterocycles. The van der Waals surface area contributed by atoms with Crippen molar-refractivity contribution in [2.24, 2.45) is 0 Å². The lowest BCUT2D eigenvalue weighted by molar-refractivity contribution is 0.599. The lowest BCUT2D eigenvalue weighted by atomic mass is 10.2. The number of aromatic nitrogens is 3. The van der Waals surface area contributed by atoms with Gasteiger partial charge in [0.1, 0.15) is 11.6 Å². The molecule has 28 heavy (non-hydrogen) atoms. The van der Waals surface area contributed by atoms with E-state index in [1.165, 1.54) is 4.31 Å². The predicted molar refractivity (Wildman–Crippen MR) is 110 cm³/mol. The molecule has 1 fully saturated rings. The van der Waals surface area contributed by atoms with Crippen LogP contribution in [0.1, 0.15) is 17.8 Å². The fraction of sp³-hybridized carbons (Fsp3) is 0.250. The van der Waals surface area contributed by atoms with Crippen molar-refractivity contribution >= 4 is 21.5 Å². The van der Waals surface area contributed by atoms with Gasteiger partial charge in [0.15, 0.2) is 0 Å². The van der Waals surface area contributed by atoms with E-state index in [0.29, 0.717) is 25.3 Å². The summed E-state index contributed by atoms with van der Waals surface area (Å²) in [4.78, 5) is 13.2. The fourth-order valence-electron chi connectivity index (χ4n) is 3.21. The summed E-state index contributed by atoms with van der Waals surface area (Å²) < 4.78 is 25.5. The Morgan fingerprint density at radius 2 is 1.89 bits per heavy atom. The molecule has 0 amide bonds. The maximum absolute atomic E-state index is 12.0. The van der Waals surface area contributed by atoms with Gasteiger partial charge in [0.2, 0.25) is 10.0 Å². The minimum absolute atomic E-state index is 0.224. The maximum atomic E-state index is 12.0. The summed E-state index contributed by atoms with van der Waals surface area (Å²) >= 11 is 0. The third-order valence-electron chi connectivity index (χ3n) is 4.56. The number of hydrogen-bond donors (Lipinski definition) is 1. The molecule has 1 N–H and O–H groups in total. The second kappa shape index (κ2) is 7.55. The smallest absolute Gasteiger partial charge is 0.235 e. The lowest BCUT2D eigenvalue weighted by Gasteiger charge is -2.17. The van der Waals surface area contributed by atoms with E-state index in [4.69, 9.17) is 0 Å². The minimum atomic E-state index is -3.15. The quantitative estimate of drug-likeness (QED) is 0.714. The Morgan fingerprint density at radius 1 is 1.07 bits per heavy atom. The highest BCUT2D eigenvalue weighted by Crippen LogP contribution is 2.24. The summed E-state index contributed by atoms with van der Waals surface area (Å²) in [5.41, 5.74) is 3.32. The third kappa shape index (κ3) is 3.96. The van der Waals surface area contributed by atoms with Crippen molar-refractivity contribution in [1.29, 1.82) is 0 Å². The predicted octanol–water partition coefficient (Wildman–Crippen LogP) is 3.00. The molecule has 0 atom stereocenters. The molecule has 7 nitrogen and oxygen atoms in total. The second-order valence-electron chi connectivity index (χ2n) is 6.66. The molecule has 0 spiro atoms. The first-order valence-corrected chi connectivity index (χ1v) is 10.7. The van der Waals surface area contributed by atoms with E-state index in [9.17, 15) is 8.42 Å². The Hall–Kier alpha value is -3.00. The number of nitrogens with one attached hydrogen (secondary N) is 1. The van der Waals surface area contributed by atoms with Crippen molar-refractivity contribution in [3.05, 3.63) is 66.1 Å². The number of aryl methyl sites for hydroxylation is 1. The van der Waals surface area contributed by atoms with Crippen molar-refractivity contribution < 1.29 is 8.42 Å². The van der Waals surface area contributed by atoms with Gasteiger partial charge in [-0.2, -0.15) is 0 Å².